The third-order valence-corrected chi connectivity index (χ3v) is 22.1. The molecule has 0 saturated heterocycles. The van der Waals surface area contributed by atoms with Crippen molar-refractivity contribution < 1.29 is 38.6 Å². The Kier molecular flexibility index (Phi) is 84.5. The average Bonchev–Trinajstić information content (AvgIpc) is 0.887. The van der Waals surface area contributed by atoms with Gasteiger partial charge in [0.2, 0.25) is 0 Å². The van der Waals surface area contributed by atoms with Gasteiger partial charge in [0.25, 0.3) is 5.69 Å². The first-order chi connectivity index (χ1) is 57.2. The van der Waals surface area contributed by atoms with E-state index in [4.69, 9.17) is 24.1 Å². The van der Waals surface area contributed by atoms with Crippen LogP contribution in [0.15, 0.2) is 121 Å². The van der Waals surface area contributed by atoms with Crippen LogP contribution in [0.25, 0.3) is 0 Å². The zero-order valence-corrected chi connectivity index (χ0v) is 79.5. The Hall–Kier alpha value is -5.12. The van der Waals surface area contributed by atoms with Crippen molar-refractivity contribution >= 4 is 18.0 Å². The van der Waals surface area contributed by atoms with Crippen molar-refractivity contribution in [1.82, 2.24) is 19.6 Å². The first kappa shape index (κ1) is 115. The number of hydrogen-bond donors (Lipinski definition) is 1. The minimum Gasteiger partial charge on any atom is -0.433 e. The molecule has 0 spiro atoms. The van der Waals surface area contributed by atoms with Gasteiger partial charge < -0.3 is 33.9 Å². The predicted octanol–water partition coefficient (Wildman–Crippen LogP) is 30.9. The molecule has 0 heterocycles. The van der Waals surface area contributed by atoms with Gasteiger partial charge in [0, 0.05) is 62.5 Å². The topological polar surface area (TPSA) is 147 Å². The van der Waals surface area contributed by atoms with Gasteiger partial charge in [0.15, 0.2) is 0 Å². The van der Waals surface area contributed by atoms with Gasteiger partial charge in [-0.05, 0) is 261 Å². The number of hydrogen-bond acceptors (Lipinski definition) is 13. The van der Waals surface area contributed by atoms with Crippen molar-refractivity contribution in [3.05, 3.63) is 132 Å². The highest BCUT2D eigenvalue weighted by molar-refractivity contribution is 5.64. The molecule has 1 rings (SSSR count). The molecule has 0 bridgehead atoms. The summed E-state index contributed by atoms with van der Waals surface area (Å²) in [6, 6.07) is 5.52. The van der Waals surface area contributed by atoms with Crippen LogP contribution in [0.2, 0.25) is 0 Å². The molecule has 0 saturated carbocycles. The quantitative estimate of drug-likeness (QED) is 0.0165. The third kappa shape index (κ3) is 81.9. The van der Waals surface area contributed by atoms with E-state index in [0.717, 1.165) is 155 Å². The molecule has 0 aliphatic carbocycles. The lowest BCUT2D eigenvalue weighted by atomic mass is 10.0. The number of nitrogens with zero attached hydrogens (tertiary/aromatic N) is 5. The van der Waals surface area contributed by atoms with E-state index in [0.29, 0.717) is 6.61 Å². The summed E-state index contributed by atoms with van der Waals surface area (Å²) in [4.78, 5) is 45.2. The summed E-state index contributed by atoms with van der Waals surface area (Å²) in [5.74, 6) is 0.252. The van der Waals surface area contributed by atoms with E-state index in [9.17, 15) is 19.7 Å². The minimum absolute atomic E-state index is 0.0213. The van der Waals surface area contributed by atoms with Crippen LogP contribution < -0.4 is 4.74 Å². The second-order valence-electron chi connectivity index (χ2n) is 35.0. The highest BCUT2D eigenvalue weighted by Gasteiger charge is 2.24. The maximum absolute atomic E-state index is 12.9. The molecule has 0 amide bonds. The second-order valence-corrected chi connectivity index (χ2v) is 35.0. The van der Waals surface area contributed by atoms with Crippen molar-refractivity contribution in [2.45, 2.75) is 440 Å². The summed E-state index contributed by atoms with van der Waals surface area (Å²) in [7, 11) is 4.28. The van der Waals surface area contributed by atoms with E-state index >= 15 is 0 Å². The van der Waals surface area contributed by atoms with E-state index in [1.807, 2.05) is 0 Å². The normalized spacial score (nSPS) is 12.4. The molecule has 0 unspecified atom stereocenters. The molecule has 14 nitrogen and oxygen atoms in total. The number of carbonyl (C=O) groups excluding carboxylic acids is 2. The Morgan fingerprint density at radius 3 is 0.890 bits per heavy atom. The van der Waals surface area contributed by atoms with Crippen LogP contribution in [0.1, 0.15) is 417 Å². The molecule has 684 valence electrons. The van der Waals surface area contributed by atoms with Crippen molar-refractivity contribution in [1.29, 1.82) is 0 Å². The fourth-order valence-corrected chi connectivity index (χ4v) is 13.9. The van der Waals surface area contributed by atoms with E-state index in [2.05, 4.69) is 214 Å². The lowest BCUT2D eigenvalue weighted by molar-refractivity contribution is -0.384. The van der Waals surface area contributed by atoms with E-state index in [1.54, 1.807) is 0 Å². The molecule has 14 heteroatoms. The number of ether oxygens (including phenoxy) is 4. The summed E-state index contributed by atoms with van der Waals surface area (Å²) in [5.41, 5.74) is 0.128. The first-order valence-corrected chi connectivity index (χ1v) is 48.9. The number of β-amino-alcohol motifs (C(OH)–C–C–N with tert-alkyl or cyclic N) is 1. The number of aliphatic hydroxyl groups is 1. The number of benzene rings is 1. The lowest BCUT2D eigenvalue weighted by Crippen LogP contribution is -2.46. The Bertz CT molecular complexity index is 2500. The first-order valence-electron chi connectivity index (χ1n) is 48.9. The second kappa shape index (κ2) is 86.8. The molecule has 1 N–H and O–H groups in total. The third-order valence-electron chi connectivity index (χ3n) is 22.1. The highest BCUT2D eigenvalue weighted by Crippen LogP contribution is 2.24. The Morgan fingerprint density at radius 2 is 0.627 bits per heavy atom. The standard InChI is InChI=1S/C49H92N2O3.C44H71NO5.C11H26N2O/c1-8-11-13-15-17-19-21-23-25-27-29-31-33-35-37-39-41-47(54-48(52)53-46-45-51(49(4,5)6)44-43-50(7)10-3)42-40-38-36-34-32-30-28-26-24-22-20-18-16-14-12-9-2;1-3-5-7-9-11-13-15-17-19-21-23-25-27-29-31-33-35-42(49-44(46)50-43-39-37-41(38-40-43)45(47)48)36-34-32-30-28-26-24-22-20-18-16-14-12-10-8-6-4-2;1-6-12(5)7-8-13(9-10-14)11(2,3)4/h17-20,23-26,47H,8-16,21-22,27-46H2,1-7H3;11-14,17-20,37-40,42H,3-10,15-16,21-36H2,1-2H3;14H,6-10H2,1-5H3/b19-17-,20-18-,25-23-,26-24-;13-11-,14-12-,19-17-,20-18-;. The summed E-state index contributed by atoms with van der Waals surface area (Å²) in [5, 5.41) is 19.9. The number of aliphatic hydroxyl groups excluding tert-OH is 1. The molecule has 0 aromatic heterocycles. The van der Waals surface area contributed by atoms with Crippen LogP contribution in [0.3, 0.4) is 0 Å². The largest absolute Gasteiger partial charge is 0.514 e. The number of nitro groups is 1. The number of carbonyl (C=O) groups is 2. The Balaban J connectivity index is 0. The van der Waals surface area contributed by atoms with Crippen LogP contribution in [-0.4, -0.2) is 145 Å². The fraction of sp³-hybridized carbons (Fsp3) is 0.769. The molecule has 0 atom stereocenters. The molecule has 118 heavy (non-hydrogen) atoms. The van der Waals surface area contributed by atoms with Gasteiger partial charge in [-0.2, -0.15) is 0 Å². The summed E-state index contributed by atoms with van der Waals surface area (Å²) in [6.07, 6.45) is 98.0. The zero-order chi connectivity index (χ0) is 87.2. The van der Waals surface area contributed by atoms with Crippen LogP contribution >= 0.6 is 0 Å². The van der Waals surface area contributed by atoms with Crippen molar-refractivity contribution in [2.24, 2.45) is 0 Å². The van der Waals surface area contributed by atoms with Crippen LogP contribution in [-0.2, 0) is 14.2 Å². The van der Waals surface area contributed by atoms with Gasteiger partial charge in [-0.15, -0.1) is 0 Å². The fourth-order valence-electron chi connectivity index (χ4n) is 13.9. The van der Waals surface area contributed by atoms with Gasteiger partial charge >= 0.3 is 12.3 Å². The van der Waals surface area contributed by atoms with E-state index < -0.39 is 17.2 Å². The maximum atomic E-state index is 12.9. The number of allylic oxidation sites excluding steroid dienone is 16. The van der Waals surface area contributed by atoms with Crippen molar-refractivity contribution in [3.63, 3.8) is 0 Å². The van der Waals surface area contributed by atoms with Crippen LogP contribution in [0.4, 0.5) is 15.3 Å². The number of non-ortho nitro benzene ring substituents is 1. The molecule has 1 aromatic carbocycles. The molecule has 0 fully saturated rings. The van der Waals surface area contributed by atoms with Crippen molar-refractivity contribution in [2.75, 3.05) is 79.7 Å². The highest BCUT2D eigenvalue weighted by atomic mass is 16.7. The van der Waals surface area contributed by atoms with Crippen molar-refractivity contribution in [3.8, 4) is 5.75 Å². The Labute approximate surface area is 729 Å². The van der Waals surface area contributed by atoms with Gasteiger partial charge in [0.1, 0.15) is 24.6 Å². The predicted molar refractivity (Wildman–Crippen MR) is 512 cm³/mol. The molecule has 0 aliphatic heterocycles. The van der Waals surface area contributed by atoms with Gasteiger partial charge in [-0.1, -0.05) is 293 Å². The number of unbranched alkanes of at least 4 members (excludes halogenated alkanes) is 36. The zero-order valence-electron chi connectivity index (χ0n) is 79.5. The molecular weight excluding hydrogens is 1460 g/mol. The van der Waals surface area contributed by atoms with Gasteiger partial charge in [-0.3, -0.25) is 19.9 Å². The van der Waals surface area contributed by atoms with Crippen LogP contribution in [0, 0.1) is 10.1 Å². The number of likely N-dealkylation sites (N-methyl/N-ethyl adjacent to an activating group) is 2. The van der Waals surface area contributed by atoms with E-state index in [1.165, 1.54) is 255 Å². The maximum Gasteiger partial charge on any atom is 0.514 e. The van der Waals surface area contributed by atoms with Crippen LogP contribution in [0.5, 0.6) is 5.75 Å². The Morgan fingerprint density at radius 1 is 0.364 bits per heavy atom. The minimum atomic E-state index is -0.732. The van der Waals surface area contributed by atoms with E-state index in [-0.39, 0.29) is 41.3 Å². The SMILES string of the molecule is CCCCC/C=C\C/C=C\CCCCCCCCC(CCCCCCCC/C=C\C/C=C\CCCCC)OC(=O)OCCN(CCN(C)CC)C(C)(C)C.CCCCC/C=C\C/C=C\CCCCCCCCC(CCCCCCCC/C=C\C/C=C\CCCCC)OC(=O)Oc1ccc([N+](=O)[O-])cc1.CCN(C)CCN(CCO)C(C)(C)C. The van der Waals surface area contributed by atoms with Gasteiger partial charge in [0.05, 0.1) is 11.5 Å². The average molecular weight is 1650 g/mol. The molecular formula is C104H189N5O9. The molecule has 1 aromatic rings. The summed E-state index contributed by atoms with van der Waals surface area (Å²) < 4.78 is 22.7. The summed E-state index contributed by atoms with van der Waals surface area (Å²) >= 11 is 0. The molecule has 0 radical (unpaired) electrons. The molecule has 0 aliphatic rings. The lowest BCUT2D eigenvalue weighted by Gasteiger charge is -2.36. The van der Waals surface area contributed by atoms with Gasteiger partial charge in [-0.25, -0.2) is 9.59 Å². The summed E-state index contributed by atoms with van der Waals surface area (Å²) in [6.45, 7) is 34.9. The number of nitro benzene ring substituents is 1. The number of rotatable bonds is 77. The monoisotopic (exact) mass is 1650 g/mol. The smallest absolute Gasteiger partial charge is 0.433 e.